The molecule has 5 heteroatoms. The van der Waals surface area contributed by atoms with Crippen LogP contribution in [-0.2, 0) is 11.2 Å². The van der Waals surface area contributed by atoms with Gasteiger partial charge in [0.1, 0.15) is 12.1 Å². The molecule has 0 saturated carbocycles. The topological polar surface area (TPSA) is 41.1 Å². The maximum Gasteiger partial charge on any atom is 0.130 e. The van der Waals surface area contributed by atoms with Gasteiger partial charge in [0.15, 0.2) is 0 Å². The van der Waals surface area contributed by atoms with E-state index >= 15 is 0 Å². The third kappa shape index (κ3) is 5.21. The number of rotatable bonds is 8. The molecular formula is C25H29FN2OS. The van der Waals surface area contributed by atoms with Crippen molar-refractivity contribution in [3.05, 3.63) is 87.9 Å². The number of anilines is 1. The highest BCUT2D eigenvalue weighted by molar-refractivity contribution is 7.78. The van der Waals surface area contributed by atoms with Crippen LogP contribution in [0.5, 0.6) is 0 Å². The molecule has 3 nitrogen and oxygen atoms in total. The number of thiol groups is 1. The molecule has 0 saturated heterocycles. The van der Waals surface area contributed by atoms with E-state index in [1.165, 1.54) is 28.8 Å². The average molecular weight is 425 g/mol. The van der Waals surface area contributed by atoms with Crippen molar-refractivity contribution in [3.63, 3.8) is 0 Å². The number of aryl methyl sites for hydroxylation is 2. The van der Waals surface area contributed by atoms with Crippen LogP contribution >= 0.6 is 12.8 Å². The maximum atomic E-state index is 13.2. The van der Waals surface area contributed by atoms with Gasteiger partial charge in [-0.25, -0.2) is 4.39 Å². The summed E-state index contributed by atoms with van der Waals surface area (Å²) in [6.45, 7) is 6.89. The molecule has 0 radical (unpaired) electrons. The molecule has 30 heavy (non-hydrogen) atoms. The molecule has 1 aliphatic rings. The van der Waals surface area contributed by atoms with Gasteiger partial charge in [-0.15, -0.1) is 0 Å². The van der Waals surface area contributed by atoms with Gasteiger partial charge in [0, 0.05) is 17.9 Å². The van der Waals surface area contributed by atoms with E-state index in [4.69, 9.17) is 0 Å². The standard InChI is InChI=1S/C25H29FN2OS/c1-17-10-18(2)12-20(11-17)15-25(16-29)14-19(3)24(13-21(25)8-9-27-30)28-23-6-4-22(26)5-7-23/h4-7,10-13,16,27-28,30H,8-9,14-15H2,1-3H3. The van der Waals surface area contributed by atoms with Crippen LogP contribution in [0.4, 0.5) is 10.1 Å². The molecule has 158 valence electrons. The Balaban J connectivity index is 1.95. The number of carbonyl (C=O) groups is 1. The summed E-state index contributed by atoms with van der Waals surface area (Å²) in [5.41, 5.74) is 6.97. The highest BCUT2D eigenvalue weighted by Crippen LogP contribution is 2.43. The summed E-state index contributed by atoms with van der Waals surface area (Å²) in [6, 6.07) is 12.8. The van der Waals surface area contributed by atoms with Crippen molar-refractivity contribution in [1.82, 2.24) is 4.72 Å². The fourth-order valence-electron chi connectivity index (χ4n) is 4.34. The first-order valence-corrected chi connectivity index (χ1v) is 10.6. The maximum absolute atomic E-state index is 13.2. The Morgan fingerprint density at radius 3 is 2.37 bits per heavy atom. The second kappa shape index (κ2) is 9.63. The molecule has 1 atom stereocenters. The number of hydrogen-bond donors (Lipinski definition) is 3. The highest BCUT2D eigenvalue weighted by atomic mass is 32.1. The van der Waals surface area contributed by atoms with E-state index in [0.717, 1.165) is 35.2 Å². The van der Waals surface area contributed by atoms with Crippen LogP contribution in [0.1, 0.15) is 36.5 Å². The normalized spacial score (nSPS) is 18.9. The molecule has 2 aromatic carbocycles. The number of nitrogens with one attached hydrogen (secondary N) is 2. The molecule has 2 aromatic rings. The van der Waals surface area contributed by atoms with Gasteiger partial charge >= 0.3 is 0 Å². The molecule has 0 heterocycles. The van der Waals surface area contributed by atoms with Crippen molar-refractivity contribution >= 4 is 24.8 Å². The van der Waals surface area contributed by atoms with E-state index in [1.807, 2.05) is 0 Å². The smallest absolute Gasteiger partial charge is 0.130 e. The van der Waals surface area contributed by atoms with Gasteiger partial charge in [0.2, 0.25) is 0 Å². The summed E-state index contributed by atoms with van der Waals surface area (Å²) in [5.74, 6) is -0.264. The molecule has 0 fully saturated rings. The number of aldehydes is 1. The minimum atomic E-state index is -0.580. The molecule has 0 amide bonds. The fraction of sp³-hybridized carbons (Fsp3) is 0.320. The zero-order valence-corrected chi connectivity index (χ0v) is 18.7. The van der Waals surface area contributed by atoms with Crippen molar-refractivity contribution in [2.75, 3.05) is 11.9 Å². The van der Waals surface area contributed by atoms with Gasteiger partial charge < -0.3 is 10.1 Å². The van der Waals surface area contributed by atoms with E-state index in [0.29, 0.717) is 19.4 Å². The van der Waals surface area contributed by atoms with E-state index in [-0.39, 0.29) is 5.82 Å². The fourth-order valence-corrected chi connectivity index (χ4v) is 4.45. The van der Waals surface area contributed by atoms with Crippen molar-refractivity contribution < 1.29 is 9.18 Å². The second-order valence-electron chi connectivity index (χ2n) is 8.28. The number of carbonyl (C=O) groups excluding carboxylic acids is 1. The SMILES string of the molecule is CC1=C(Nc2ccc(F)cc2)C=C(CCNS)C(C=O)(Cc2cc(C)cc(C)c2)C1. The van der Waals surface area contributed by atoms with E-state index in [2.05, 4.69) is 67.9 Å². The lowest BCUT2D eigenvalue weighted by Crippen LogP contribution is -2.33. The largest absolute Gasteiger partial charge is 0.356 e. The quantitative estimate of drug-likeness (QED) is 0.375. The summed E-state index contributed by atoms with van der Waals surface area (Å²) in [4.78, 5) is 12.5. The number of halogens is 1. The highest BCUT2D eigenvalue weighted by Gasteiger charge is 2.37. The Kier molecular flexibility index (Phi) is 7.16. The van der Waals surface area contributed by atoms with Crippen LogP contribution in [0.2, 0.25) is 0 Å². The van der Waals surface area contributed by atoms with Crippen LogP contribution in [0, 0.1) is 25.1 Å². The Hall–Kier alpha value is -2.37. The lowest BCUT2D eigenvalue weighted by molar-refractivity contribution is -0.114. The molecular weight excluding hydrogens is 395 g/mol. The average Bonchev–Trinajstić information content (AvgIpc) is 2.69. The van der Waals surface area contributed by atoms with Crippen LogP contribution in [-0.4, -0.2) is 12.8 Å². The molecule has 2 N–H and O–H groups in total. The lowest BCUT2D eigenvalue weighted by Gasteiger charge is -2.36. The van der Waals surface area contributed by atoms with Crippen LogP contribution in [0.25, 0.3) is 0 Å². The first-order valence-electron chi connectivity index (χ1n) is 10.2. The number of hydrogen-bond acceptors (Lipinski definition) is 4. The summed E-state index contributed by atoms with van der Waals surface area (Å²) < 4.78 is 16.2. The molecule has 1 aliphatic carbocycles. The van der Waals surface area contributed by atoms with Gasteiger partial charge in [-0.1, -0.05) is 47.7 Å². The molecule has 3 rings (SSSR count). The predicted molar refractivity (Wildman–Crippen MR) is 125 cm³/mol. The first kappa shape index (κ1) is 22.3. The number of benzene rings is 2. The molecule has 0 aromatic heterocycles. The third-order valence-electron chi connectivity index (χ3n) is 5.65. The van der Waals surface area contributed by atoms with Crippen molar-refractivity contribution in [3.8, 4) is 0 Å². The van der Waals surface area contributed by atoms with Crippen LogP contribution < -0.4 is 10.0 Å². The van der Waals surface area contributed by atoms with Gasteiger partial charge in [-0.2, -0.15) is 0 Å². The molecule has 1 unspecified atom stereocenters. The summed E-state index contributed by atoms with van der Waals surface area (Å²) >= 11 is 4.13. The van der Waals surface area contributed by atoms with Crippen molar-refractivity contribution in [2.24, 2.45) is 5.41 Å². The van der Waals surface area contributed by atoms with Crippen LogP contribution in [0.3, 0.4) is 0 Å². The summed E-state index contributed by atoms with van der Waals surface area (Å²) in [7, 11) is 0. The number of allylic oxidation sites excluding steroid dienone is 2. The van der Waals surface area contributed by atoms with Crippen LogP contribution in [0.15, 0.2) is 65.4 Å². The second-order valence-corrected chi connectivity index (χ2v) is 8.59. The van der Waals surface area contributed by atoms with E-state index in [9.17, 15) is 9.18 Å². The molecule has 0 aliphatic heterocycles. The van der Waals surface area contributed by atoms with Gasteiger partial charge in [0.05, 0.1) is 5.41 Å². The van der Waals surface area contributed by atoms with Gasteiger partial charge in [-0.05, 0) is 81.5 Å². The Bertz CT molecular complexity index is 961. The molecule has 0 bridgehead atoms. The zero-order valence-electron chi connectivity index (χ0n) is 17.8. The monoisotopic (exact) mass is 424 g/mol. The van der Waals surface area contributed by atoms with Gasteiger partial charge in [-0.3, -0.25) is 4.72 Å². The third-order valence-corrected chi connectivity index (χ3v) is 5.88. The van der Waals surface area contributed by atoms with Crippen molar-refractivity contribution in [2.45, 2.75) is 40.0 Å². The summed E-state index contributed by atoms with van der Waals surface area (Å²) in [6.07, 6.45) is 5.23. The Labute approximate surface area is 184 Å². The molecule has 0 spiro atoms. The zero-order chi connectivity index (χ0) is 21.7. The minimum Gasteiger partial charge on any atom is -0.356 e. The van der Waals surface area contributed by atoms with E-state index < -0.39 is 5.41 Å². The Morgan fingerprint density at radius 1 is 1.10 bits per heavy atom. The van der Waals surface area contributed by atoms with Crippen molar-refractivity contribution in [1.29, 1.82) is 0 Å². The van der Waals surface area contributed by atoms with E-state index in [1.54, 1.807) is 12.1 Å². The Morgan fingerprint density at radius 2 is 1.77 bits per heavy atom. The lowest BCUT2D eigenvalue weighted by atomic mass is 9.68. The summed E-state index contributed by atoms with van der Waals surface area (Å²) in [5, 5.41) is 3.39. The first-order chi connectivity index (χ1) is 14.3. The minimum absolute atomic E-state index is 0.264. The predicted octanol–water partition coefficient (Wildman–Crippen LogP) is 5.71. The van der Waals surface area contributed by atoms with Gasteiger partial charge in [0.25, 0.3) is 0 Å².